The van der Waals surface area contributed by atoms with Crippen molar-refractivity contribution in [3.8, 4) is 11.4 Å². The Kier molecular flexibility index (Phi) is 4.46. The zero-order valence-corrected chi connectivity index (χ0v) is 17.8. The number of hydrogen-bond donors (Lipinski definition) is 3. The molecule has 0 saturated carbocycles. The number of amides is 1. The Balaban J connectivity index is 1.35. The minimum atomic E-state index is -0.285. The predicted octanol–water partition coefficient (Wildman–Crippen LogP) is 1.32. The fourth-order valence-electron chi connectivity index (χ4n) is 5.56. The molecule has 3 aromatic heterocycles. The second-order valence-electron chi connectivity index (χ2n) is 9.05. The van der Waals surface area contributed by atoms with Gasteiger partial charge in [-0.15, -0.1) is 0 Å². The lowest BCUT2D eigenvalue weighted by molar-refractivity contribution is 0.0626. The number of rotatable bonds is 2. The van der Waals surface area contributed by atoms with Gasteiger partial charge in [0.05, 0.1) is 11.4 Å². The van der Waals surface area contributed by atoms with Crippen molar-refractivity contribution < 1.29 is 4.79 Å². The molecule has 1 atom stereocenters. The molecule has 0 radical (unpaired) electrons. The minimum absolute atomic E-state index is 0.0192. The van der Waals surface area contributed by atoms with Crippen LogP contribution >= 0.6 is 0 Å². The average Bonchev–Trinajstić information content (AvgIpc) is 3.42. The van der Waals surface area contributed by atoms with Gasteiger partial charge in [-0.3, -0.25) is 19.7 Å². The average molecular weight is 432 g/mol. The molecular formula is C23H25N7O2. The maximum Gasteiger partial charge on any atom is 0.274 e. The highest BCUT2D eigenvalue weighted by Crippen LogP contribution is 2.43. The summed E-state index contributed by atoms with van der Waals surface area (Å²) in [4.78, 5) is 40.3. The van der Waals surface area contributed by atoms with Crippen molar-refractivity contribution in [2.75, 3.05) is 19.6 Å². The molecule has 6 rings (SSSR count). The molecule has 5 heterocycles. The van der Waals surface area contributed by atoms with Crippen molar-refractivity contribution >= 4 is 5.91 Å². The Bertz CT molecular complexity index is 1250. The summed E-state index contributed by atoms with van der Waals surface area (Å²) in [5.74, 6) is 0.523. The standard InChI is InChI=1S/C23H25N7O2/c31-21-16-4-7-23(19(16)26-20(27-21)14-3-1-8-24-11-14)6-2-10-30(13-23)22(32)18-15-5-9-25-12-17(15)28-29-18/h1,3,8,11,25H,2,4-7,9-10,12-13H2,(H,28,29)(H,26,27,31). The topological polar surface area (TPSA) is 120 Å². The molecule has 1 saturated heterocycles. The SMILES string of the molecule is O=C(c1n[nH]c2c1CCNC2)N1CCCC2(CCc3c2nc(-c2cccnc2)[nH]c3=O)C1. The third kappa shape index (κ3) is 2.99. The second-order valence-corrected chi connectivity index (χ2v) is 9.05. The number of nitrogens with one attached hydrogen (secondary N) is 3. The molecular weight excluding hydrogens is 406 g/mol. The molecule has 164 valence electrons. The Hall–Kier alpha value is -3.33. The van der Waals surface area contributed by atoms with Gasteiger partial charge in [-0.05, 0) is 50.8 Å². The first-order valence-electron chi connectivity index (χ1n) is 11.2. The molecule has 1 unspecified atom stereocenters. The number of pyridine rings is 1. The molecule has 1 aliphatic carbocycles. The van der Waals surface area contributed by atoms with E-state index < -0.39 is 0 Å². The Morgan fingerprint density at radius 1 is 1.19 bits per heavy atom. The summed E-state index contributed by atoms with van der Waals surface area (Å²) in [6.45, 7) is 2.85. The molecule has 1 amide bonds. The van der Waals surface area contributed by atoms with Gasteiger partial charge < -0.3 is 15.2 Å². The van der Waals surface area contributed by atoms with E-state index >= 15 is 0 Å². The molecule has 32 heavy (non-hydrogen) atoms. The van der Waals surface area contributed by atoms with Gasteiger partial charge >= 0.3 is 0 Å². The molecule has 1 spiro atoms. The number of aromatic nitrogens is 5. The molecule has 0 bridgehead atoms. The largest absolute Gasteiger partial charge is 0.336 e. The monoisotopic (exact) mass is 431 g/mol. The molecule has 9 nitrogen and oxygen atoms in total. The highest BCUT2D eigenvalue weighted by molar-refractivity contribution is 5.94. The van der Waals surface area contributed by atoms with Crippen LogP contribution < -0.4 is 10.9 Å². The molecule has 3 N–H and O–H groups in total. The molecule has 2 aliphatic heterocycles. The van der Waals surface area contributed by atoms with Crippen molar-refractivity contribution in [2.45, 2.75) is 44.1 Å². The number of nitrogens with zero attached hydrogens (tertiary/aromatic N) is 4. The summed E-state index contributed by atoms with van der Waals surface area (Å²) >= 11 is 0. The van der Waals surface area contributed by atoms with Crippen molar-refractivity contribution in [1.29, 1.82) is 0 Å². The molecule has 0 aromatic carbocycles. The maximum absolute atomic E-state index is 13.5. The van der Waals surface area contributed by atoms with E-state index in [-0.39, 0.29) is 16.9 Å². The zero-order valence-electron chi connectivity index (χ0n) is 17.8. The number of H-pyrrole nitrogens is 2. The summed E-state index contributed by atoms with van der Waals surface area (Å²) in [7, 11) is 0. The Morgan fingerprint density at radius 3 is 3.00 bits per heavy atom. The molecule has 3 aromatic rings. The number of carbonyl (C=O) groups excluding carboxylic acids is 1. The zero-order chi connectivity index (χ0) is 21.7. The van der Waals surface area contributed by atoms with Crippen LogP contribution in [0.15, 0.2) is 29.3 Å². The van der Waals surface area contributed by atoms with Gasteiger partial charge in [0.2, 0.25) is 0 Å². The smallest absolute Gasteiger partial charge is 0.274 e. The van der Waals surface area contributed by atoms with Gasteiger partial charge in [-0.1, -0.05) is 0 Å². The summed E-state index contributed by atoms with van der Waals surface area (Å²) in [5.41, 5.74) is 4.62. The predicted molar refractivity (Wildman–Crippen MR) is 117 cm³/mol. The van der Waals surface area contributed by atoms with Gasteiger partial charge in [-0.25, -0.2) is 4.98 Å². The Morgan fingerprint density at radius 2 is 2.12 bits per heavy atom. The third-order valence-electron chi connectivity index (χ3n) is 7.18. The fraction of sp³-hybridized carbons (Fsp3) is 0.435. The minimum Gasteiger partial charge on any atom is -0.336 e. The van der Waals surface area contributed by atoms with Crippen LogP contribution in [0.5, 0.6) is 0 Å². The number of likely N-dealkylation sites (tertiary alicyclic amines) is 1. The van der Waals surface area contributed by atoms with Gasteiger partial charge in [-0.2, -0.15) is 5.10 Å². The lowest BCUT2D eigenvalue weighted by Gasteiger charge is -2.40. The second kappa shape index (κ2) is 7.37. The van der Waals surface area contributed by atoms with Crippen molar-refractivity contribution in [3.05, 3.63) is 63.1 Å². The van der Waals surface area contributed by atoms with Gasteiger partial charge in [0.25, 0.3) is 11.5 Å². The van der Waals surface area contributed by atoms with Gasteiger partial charge in [0.15, 0.2) is 5.69 Å². The first-order chi connectivity index (χ1) is 15.6. The van der Waals surface area contributed by atoms with Crippen LogP contribution in [0.25, 0.3) is 11.4 Å². The van der Waals surface area contributed by atoms with E-state index in [1.807, 2.05) is 17.0 Å². The van der Waals surface area contributed by atoms with Crippen LogP contribution in [0.2, 0.25) is 0 Å². The third-order valence-corrected chi connectivity index (χ3v) is 7.18. The van der Waals surface area contributed by atoms with E-state index in [1.54, 1.807) is 12.4 Å². The lowest BCUT2D eigenvalue weighted by Crippen LogP contribution is -2.48. The highest BCUT2D eigenvalue weighted by Gasteiger charge is 2.46. The number of hydrogen-bond acceptors (Lipinski definition) is 6. The number of aromatic amines is 2. The first kappa shape index (κ1) is 19.4. The molecule has 9 heteroatoms. The highest BCUT2D eigenvalue weighted by atomic mass is 16.2. The van der Waals surface area contributed by atoms with Crippen LogP contribution in [0.3, 0.4) is 0 Å². The number of carbonyl (C=O) groups is 1. The fourth-order valence-corrected chi connectivity index (χ4v) is 5.56. The number of piperidine rings is 1. The van der Waals surface area contributed by atoms with Crippen molar-refractivity contribution in [2.24, 2.45) is 0 Å². The molecule has 1 fully saturated rings. The summed E-state index contributed by atoms with van der Waals surface area (Å²) < 4.78 is 0. The first-order valence-corrected chi connectivity index (χ1v) is 11.2. The van der Waals surface area contributed by atoms with E-state index in [2.05, 4.69) is 25.5 Å². The quantitative estimate of drug-likeness (QED) is 0.563. The maximum atomic E-state index is 13.5. The van der Waals surface area contributed by atoms with E-state index in [0.29, 0.717) is 31.0 Å². The van der Waals surface area contributed by atoms with Gasteiger partial charge in [0, 0.05) is 54.1 Å². The molecule has 3 aliphatic rings. The summed E-state index contributed by atoms with van der Waals surface area (Å²) in [6, 6.07) is 3.73. The summed E-state index contributed by atoms with van der Waals surface area (Å²) in [5, 5.41) is 10.7. The van der Waals surface area contributed by atoms with E-state index in [9.17, 15) is 9.59 Å². The summed E-state index contributed by atoms with van der Waals surface area (Å²) in [6.07, 6.45) is 7.55. The van der Waals surface area contributed by atoms with Crippen LogP contribution in [0.1, 0.15) is 52.3 Å². The normalized spacial score (nSPS) is 22.1. The van der Waals surface area contributed by atoms with Crippen LogP contribution in [0.4, 0.5) is 0 Å². The van der Waals surface area contributed by atoms with Crippen molar-refractivity contribution in [3.63, 3.8) is 0 Å². The van der Waals surface area contributed by atoms with E-state index in [4.69, 9.17) is 4.98 Å². The van der Waals surface area contributed by atoms with Crippen molar-refractivity contribution in [1.82, 2.24) is 35.4 Å². The van der Waals surface area contributed by atoms with Crippen LogP contribution in [-0.4, -0.2) is 55.6 Å². The lowest BCUT2D eigenvalue weighted by atomic mass is 9.77. The Labute approximate surface area is 184 Å². The van der Waals surface area contributed by atoms with E-state index in [0.717, 1.165) is 66.9 Å². The van der Waals surface area contributed by atoms with Crippen LogP contribution in [0, 0.1) is 0 Å². The number of fused-ring (bicyclic) bond motifs is 3. The van der Waals surface area contributed by atoms with Crippen LogP contribution in [-0.2, 0) is 24.8 Å². The van der Waals surface area contributed by atoms with E-state index in [1.165, 1.54) is 0 Å². The van der Waals surface area contributed by atoms with Gasteiger partial charge in [0.1, 0.15) is 5.82 Å².